The molecular formula is C25H21N3O6. The van der Waals surface area contributed by atoms with Gasteiger partial charge in [-0.2, -0.15) is 5.01 Å². The van der Waals surface area contributed by atoms with Gasteiger partial charge in [-0.3, -0.25) is 24.0 Å². The first kappa shape index (κ1) is 21.7. The molecule has 2 aromatic rings. The van der Waals surface area contributed by atoms with Crippen LogP contribution in [0.3, 0.4) is 0 Å². The topological polar surface area (TPSA) is 104 Å². The number of esters is 1. The molecule has 9 nitrogen and oxygen atoms in total. The Morgan fingerprint density at radius 3 is 1.97 bits per heavy atom. The number of hydrazine groups is 1. The molecule has 0 unspecified atom stereocenters. The summed E-state index contributed by atoms with van der Waals surface area (Å²) in [6.07, 6.45) is 3.29. The first-order valence-electron chi connectivity index (χ1n) is 10.8. The first-order valence-corrected chi connectivity index (χ1v) is 10.8. The zero-order valence-corrected chi connectivity index (χ0v) is 18.5. The van der Waals surface area contributed by atoms with Crippen LogP contribution in [0.1, 0.15) is 27.6 Å². The van der Waals surface area contributed by atoms with Gasteiger partial charge in [0.25, 0.3) is 11.8 Å². The minimum absolute atomic E-state index is 0.191. The molecule has 0 aliphatic carbocycles. The van der Waals surface area contributed by atoms with Crippen molar-refractivity contribution in [2.75, 3.05) is 12.0 Å². The second kappa shape index (κ2) is 8.03. The van der Waals surface area contributed by atoms with Gasteiger partial charge < -0.3 is 4.74 Å². The number of methoxy groups -OCH3 is 1. The van der Waals surface area contributed by atoms with Crippen molar-refractivity contribution in [2.24, 2.45) is 11.8 Å². The fourth-order valence-electron chi connectivity index (χ4n) is 5.17. The summed E-state index contributed by atoms with van der Waals surface area (Å²) in [5.74, 6) is -5.26. The Kier molecular flexibility index (Phi) is 5.13. The molecule has 0 N–H and O–H groups in total. The summed E-state index contributed by atoms with van der Waals surface area (Å²) >= 11 is 0. The Bertz CT molecular complexity index is 1220. The molecule has 2 fully saturated rings. The van der Waals surface area contributed by atoms with E-state index in [2.05, 4.69) is 0 Å². The lowest BCUT2D eigenvalue weighted by Gasteiger charge is -2.35. The summed E-state index contributed by atoms with van der Waals surface area (Å²) in [4.78, 5) is 67.8. The van der Waals surface area contributed by atoms with Crippen LogP contribution in [0.4, 0.5) is 5.69 Å². The molecule has 3 heterocycles. The lowest BCUT2D eigenvalue weighted by Crippen LogP contribution is -2.57. The van der Waals surface area contributed by atoms with Gasteiger partial charge in [0.1, 0.15) is 6.04 Å². The highest BCUT2D eigenvalue weighted by Gasteiger charge is 2.67. The van der Waals surface area contributed by atoms with Crippen molar-refractivity contribution in [1.29, 1.82) is 0 Å². The maximum atomic E-state index is 13.6. The Morgan fingerprint density at radius 1 is 0.853 bits per heavy atom. The predicted octanol–water partition coefficient (Wildman–Crippen LogP) is 1.81. The van der Waals surface area contributed by atoms with E-state index in [1.54, 1.807) is 61.5 Å². The number of fused-ring (bicyclic) bond motifs is 2. The quantitative estimate of drug-likeness (QED) is 0.390. The number of allylic oxidation sites excluding steroid dienone is 1. The van der Waals surface area contributed by atoms with Crippen molar-refractivity contribution in [3.05, 3.63) is 77.9 Å². The first-order chi connectivity index (χ1) is 16.4. The summed E-state index contributed by atoms with van der Waals surface area (Å²) in [5, 5.41) is 2.13. The van der Waals surface area contributed by atoms with E-state index in [1.807, 2.05) is 0 Å². The van der Waals surface area contributed by atoms with Gasteiger partial charge in [-0.25, -0.2) is 9.91 Å². The van der Waals surface area contributed by atoms with Crippen LogP contribution >= 0.6 is 0 Å². The molecular weight excluding hydrogens is 438 g/mol. The molecule has 0 aromatic heterocycles. The number of carbonyl (C=O) groups excluding carboxylic acids is 5. The maximum Gasteiger partial charge on any atom is 0.325 e. The summed E-state index contributed by atoms with van der Waals surface area (Å²) in [7, 11) is 1.16. The van der Waals surface area contributed by atoms with Crippen LogP contribution in [0.2, 0.25) is 0 Å². The molecule has 0 radical (unpaired) electrons. The lowest BCUT2D eigenvalue weighted by molar-refractivity contribution is -0.154. The van der Waals surface area contributed by atoms with Crippen LogP contribution in [0.5, 0.6) is 0 Å². The molecule has 0 spiro atoms. The van der Waals surface area contributed by atoms with Crippen LogP contribution < -0.4 is 4.90 Å². The molecule has 3 aliphatic rings. The fourth-order valence-corrected chi connectivity index (χ4v) is 5.17. The number of hydrogen-bond donors (Lipinski definition) is 0. The lowest BCUT2D eigenvalue weighted by atomic mass is 9.89. The summed E-state index contributed by atoms with van der Waals surface area (Å²) < 4.78 is 4.99. The van der Waals surface area contributed by atoms with Crippen molar-refractivity contribution >= 4 is 35.3 Å². The molecule has 5 rings (SSSR count). The zero-order chi connectivity index (χ0) is 24.1. The molecule has 34 heavy (non-hydrogen) atoms. The normalized spacial score (nSPS) is 26.5. The minimum atomic E-state index is -1.34. The monoisotopic (exact) mass is 459 g/mol. The van der Waals surface area contributed by atoms with Crippen molar-refractivity contribution in [1.82, 2.24) is 10.0 Å². The summed E-state index contributed by atoms with van der Waals surface area (Å²) in [6.45, 7) is 1.72. The van der Waals surface area contributed by atoms with Crippen molar-refractivity contribution in [2.45, 2.75) is 19.0 Å². The van der Waals surface area contributed by atoms with E-state index in [9.17, 15) is 24.0 Å². The largest absolute Gasteiger partial charge is 0.468 e. The van der Waals surface area contributed by atoms with Gasteiger partial charge in [-0.1, -0.05) is 42.5 Å². The van der Waals surface area contributed by atoms with Gasteiger partial charge in [0.05, 0.1) is 41.8 Å². The summed E-state index contributed by atoms with van der Waals surface area (Å²) in [5.41, 5.74) is 0.772. The van der Waals surface area contributed by atoms with Crippen LogP contribution in [0, 0.1) is 11.8 Å². The third-order valence-corrected chi connectivity index (χ3v) is 6.55. The standard InChI is InChI=1S/C25H21N3O6/c1-3-9-17-18-19(24(32)26(23(18)31)14-10-5-4-6-11-14)20(25(33)34-2)27(17)28-21(29)15-12-7-8-13-16(15)22(28)30/h3-13,17-20H,1-2H3/b9-3+/t17-,18-,19-,20-/m1/s1. The van der Waals surface area contributed by atoms with E-state index in [1.165, 1.54) is 17.1 Å². The van der Waals surface area contributed by atoms with E-state index >= 15 is 0 Å². The van der Waals surface area contributed by atoms with Gasteiger partial charge in [0, 0.05) is 0 Å². The summed E-state index contributed by atoms with van der Waals surface area (Å²) in [6, 6.07) is 12.5. The fraction of sp³-hybridized carbons (Fsp3) is 0.240. The number of amides is 4. The number of hydrogen-bond acceptors (Lipinski definition) is 7. The van der Waals surface area contributed by atoms with Gasteiger partial charge in [-0.15, -0.1) is 0 Å². The van der Waals surface area contributed by atoms with E-state index < -0.39 is 53.5 Å². The number of imide groups is 2. The van der Waals surface area contributed by atoms with E-state index in [0.717, 1.165) is 17.0 Å². The number of para-hydroxylation sites is 1. The molecule has 2 saturated heterocycles. The van der Waals surface area contributed by atoms with Gasteiger partial charge >= 0.3 is 5.97 Å². The van der Waals surface area contributed by atoms with Crippen molar-refractivity contribution < 1.29 is 28.7 Å². The van der Waals surface area contributed by atoms with E-state index in [0.29, 0.717) is 5.69 Å². The van der Waals surface area contributed by atoms with E-state index in [4.69, 9.17) is 4.74 Å². The second-order valence-electron chi connectivity index (χ2n) is 8.23. The van der Waals surface area contributed by atoms with Crippen molar-refractivity contribution in [3.63, 3.8) is 0 Å². The number of rotatable bonds is 4. The van der Waals surface area contributed by atoms with Crippen LogP contribution in [-0.2, 0) is 19.1 Å². The third-order valence-electron chi connectivity index (χ3n) is 6.55. The van der Waals surface area contributed by atoms with Crippen molar-refractivity contribution in [3.8, 4) is 0 Å². The Balaban J connectivity index is 1.64. The molecule has 172 valence electrons. The number of carbonyl (C=O) groups is 5. The highest BCUT2D eigenvalue weighted by Crippen LogP contribution is 2.47. The highest BCUT2D eigenvalue weighted by atomic mass is 16.5. The van der Waals surface area contributed by atoms with Gasteiger partial charge in [-0.05, 0) is 31.2 Å². The van der Waals surface area contributed by atoms with Gasteiger partial charge in [0.15, 0.2) is 0 Å². The smallest absolute Gasteiger partial charge is 0.325 e. The molecule has 0 bridgehead atoms. The van der Waals surface area contributed by atoms with E-state index in [-0.39, 0.29) is 11.1 Å². The third kappa shape index (κ3) is 2.87. The zero-order valence-electron chi connectivity index (χ0n) is 18.5. The van der Waals surface area contributed by atoms with Crippen LogP contribution in [0.25, 0.3) is 0 Å². The molecule has 9 heteroatoms. The highest BCUT2D eigenvalue weighted by molar-refractivity contribution is 6.24. The average molecular weight is 459 g/mol. The number of nitrogens with zero attached hydrogens (tertiary/aromatic N) is 3. The molecule has 3 aliphatic heterocycles. The number of benzene rings is 2. The second-order valence-corrected chi connectivity index (χ2v) is 8.23. The Labute approximate surface area is 195 Å². The Morgan fingerprint density at radius 2 is 1.41 bits per heavy atom. The minimum Gasteiger partial charge on any atom is -0.468 e. The molecule has 0 saturated carbocycles. The molecule has 4 atom stereocenters. The Hall–Kier alpha value is -4.11. The van der Waals surface area contributed by atoms with Crippen LogP contribution in [0.15, 0.2) is 66.7 Å². The number of anilines is 1. The molecule has 2 aromatic carbocycles. The van der Waals surface area contributed by atoms with Gasteiger partial charge in [0.2, 0.25) is 11.8 Å². The number of ether oxygens (including phenoxy) is 1. The predicted molar refractivity (Wildman–Crippen MR) is 119 cm³/mol. The molecule has 4 amide bonds. The van der Waals surface area contributed by atoms with Crippen LogP contribution in [-0.4, -0.2) is 58.8 Å². The maximum absolute atomic E-state index is 13.6. The average Bonchev–Trinajstić information content (AvgIpc) is 3.40. The SMILES string of the molecule is C/C=C/[C@@H]1[C@H]2C(=O)N(c3ccccc3)C(=O)[C@H]2[C@H](C(=O)OC)N1N1C(=O)c2ccccc2C1=O.